The van der Waals surface area contributed by atoms with Crippen molar-refractivity contribution >= 4 is 40.9 Å². The molecule has 0 saturated heterocycles. The maximum Gasteiger partial charge on any atom is 0.328 e. The van der Waals surface area contributed by atoms with E-state index in [2.05, 4.69) is 5.32 Å². The van der Waals surface area contributed by atoms with Crippen LogP contribution >= 0.6 is 23.2 Å². The number of urea groups is 1. The Hall–Kier alpha value is -2.44. The molecular formula is C16H16Cl2N4O2. The highest BCUT2D eigenvalue weighted by molar-refractivity contribution is 6.42. The number of benzene rings is 2. The standard InChI is InChI=1S/C16H16Cl2N4O2/c1-21-16(23)22(15(19)20)14-11(17)7-8-12(13(14)18)24-9-10-5-3-2-4-6-10/h2-8H,9H2,1H3,(H3,19,20)(H,21,23). The number of rotatable bonds is 4. The summed E-state index contributed by atoms with van der Waals surface area (Å²) in [6.07, 6.45) is 0. The van der Waals surface area contributed by atoms with Crippen molar-refractivity contribution in [2.75, 3.05) is 11.9 Å². The van der Waals surface area contributed by atoms with Crippen LogP contribution in [0.5, 0.6) is 5.75 Å². The van der Waals surface area contributed by atoms with Gasteiger partial charge >= 0.3 is 6.03 Å². The van der Waals surface area contributed by atoms with Gasteiger partial charge in [0.15, 0.2) is 0 Å². The SMILES string of the molecule is CNC(=O)N(C(=N)N)c1c(Cl)ccc(OCc2ccccc2)c1Cl. The van der Waals surface area contributed by atoms with Gasteiger partial charge in [-0.3, -0.25) is 5.41 Å². The number of hydrogen-bond acceptors (Lipinski definition) is 3. The molecule has 2 rings (SSSR count). The largest absolute Gasteiger partial charge is 0.487 e. The molecule has 0 spiro atoms. The Kier molecular flexibility index (Phi) is 5.89. The Morgan fingerprint density at radius 1 is 1.25 bits per heavy atom. The van der Waals surface area contributed by atoms with Crippen molar-refractivity contribution in [3.8, 4) is 5.75 Å². The Balaban J connectivity index is 2.35. The summed E-state index contributed by atoms with van der Waals surface area (Å²) in [6.45, 7) is 0.293. The van der Waals surface area contributed by atoms with E-state index in [0.29, 0.717) is 12.4 Å². The van der Waals surface area contributed by atoms with Crippen LogP contribution in [0.15, 0.2) is 42.5 Å². The number of carbonyl (C=O) groups is 1. The molecule has 0 aliphatic heterocycles. The third-order valence-corrected chi connectivity index (χ3v) is 3.82. The van der Waals surface area contributed by atoms with E-state index in [1.54, 1.807) is 6.07 Å². The van der Waals surface area contributed by atoms with E-state index in [0.717, 1.165) is 10.5 Å². The van der Waals surface area contributed by atoms with Gasteiger partial charge in [-0.1, -0.05) is 53.5 Å². The van der Waals surface area contributed by atoms with Crippen LogP contribution in [0.25, 0.3) is 0 Å². The third-order valence-electron chi connectivity index (χ3n) is 3.15. The monoisotopic (exact) mass is 366 g/mol. The molecule has 24 heavy (non-hydrogen) atoms. The molecule has 0 bridgehead atoms. The minimum Gasteiger partial charge on any atom is -0.487 e. The number of ether oxygens (including phenoxy) is 1. The van der Waals surface area contributed by atoms with Crippen LogP contribution in [0.3, 0.4) is 0 Å². The van der Waals surface area contributed by atoms with Gasteiger partial charge in [-0.05, 0) is 17.7 Å². The third kappa shape index (κ3) is 3.90. The Labute approximate surface area is 149 Å². The van der Waals surface area contributed by atoms with Gasteiger partial charge in [0.1, 0.15) is 17.4 Å². The lowest BCUT2D eigenvalue weighted by molar-refractivity contribution is 0.251. The number of carbonyl (C=O) groups excluding carboxylic acids is 1. The molecule has 2 amide bonds. The predicted molar refractivity (Wildman–Crippen MR) is 96.1 cm³/mol. The minimum absolute atomic E-state index is 0.0933. The number of nitrogens with two attached hydrogens (primary N) is 1. The van der Waals surface area contributed by atoms with Crippen molar-refractivity contribution in [1.29, 1.82) is 5.41 Å². The molecule has 0 saturated carbocycles. The topological polar surface area (TPSA) is 91.4 Å². The van der Waals surface area contributed by atoms with Gasteiger partial charge < -0.3 is 15.8 Å². The van der Waals surface area contributed by atoms with Crippen molar-refractivity contribution in [3.63, 3.8) is 0 Å². The summed E-state index contributed by atoms with van der Waals surface area (Å²) in [5, 5.41) is 10.3. The molecule has 0 radical (unpaired) electrons. The zero-order valence-corrected chi connectivity index (χ0v) is 14.4. The molecule has 0 aliphatic rings. The first-order valence-electron chi connectivity index (χ1n) is 6.96. The summed E-state index contributed by atoms with van der Waals surface area (Å²) >= 11 is 12.5. The molecule has 0 aromatic heterocycles. The second-order valence-electron chi connectivity index (χ2n) is 4.76. The molecule has 0 heterocycles. The number of hydrogen-bond donors (Lipinski definition) is 3. The first-order chi connectivity index (χ1) is 11.5. The van der Waals surface area contributed by atoms with Crippen LogP contribution < -0.4 is 20.7 Å². The number of anilines is 1. The van der Waals surface area contributed by atoms with E-state index < -0.39 is 12.0 Å². The second-order valence-corrected chi connectivity index (χ2v) is 5.54. The fraction of sp³-hybridized carbons (Fsp3) is 0.125. The highest BCUT2D eigenvalue weighted by Crippen LogP contribution is 2.40. The van der Waals surface area contributed by atoms with Gasteiger partial charge in [-0.25, -0.2) is 9.69 Å². The molecule has 2 aromatic rings. The first kappa shape index (κ1) is 17.9. The highest BCUT2D eigenvalue weighted by atomic mass is 35.5. The Bertz CT molecular complexity index is 753. The molecule has 0 aliphatic carbocycles. The van der Waals surface area contributed by atoms with Crippen molar-refractivity contribution < 1.29 is 9.53 Å². The van der Waals surface area contributed by atoms with Gasteiger partial charge in [-0.2, -0.15) is 0 Å². The van der Waals surface area contributed by atoms with Crippen LogP contribution in [-0.2, 0) is 6.61 Å². The average molecular weight is 367 g/mol. The van der Waals surface area contributed by atoms with Crippen molar-refractivity contribution in [3.05, 3.63) is 58.1 Å². The van der Waals surface area contributed by atoms with E-state index in [4.69, 9.17) is 39.1 Å². The molecule has 4 N–H and O–H groups in total. The molecular weight excluding hydrogens is 351 g/mol. The van der Waals surface area contributed by atoms with E-state index >= 15 is 0 Å². The Morgan fingerprint density at radius 3 is 2.50 bits per heavy atom. The zero-order valence-electron chi connectivity index (χ0n) is 12.8. The number of amides is 2. The maximum atomic E-state index is 12.0. The smallest absolute Gasteiger partial charge is 0.328 e. The fourth-order valence-corrected chi connectivity index (χ4v) is 2.61. The first-order valence-corrected chi connectivity index (χ1v) is 7.72. The summed E-state index contributed by atoms with van der Waals surface area (Å²) in [5.41, 5.74) is 6.54. The molecule has 6 nitrogen and oxygen atoms in total. The summed E-state index contributed by atoms with van der Waals surface area (Å²) in [7, 11) is 1.41. The van der Waals surface area contributed by atoms with Gasteiger partial charge in [-0.15, -0.1) is 0 Å². The molecule has 0 unspecified atom stereocenters. The van der Waals surface area contributed by atoms with Crippen LogP contribution in [0.2, 0.25) is 10.0 Å². The van der Waals surface area contributed by atoms with Crippen LogP contribution in [0.1, 0.15) is 5.56 Å². The summed E-state index contributed by atoms with van der Waals surface area (Å²) < 4.78 is 5.70. The lowest BCUT2D eigenvalue weighted by atomic mass is 10.2. The Morgan fingerprint density at radius 2 is 1.92 bits per heavy atom. The summed E-state index contributed by atoms with van der Waals surface area (Å²) in [5.74, 6) is -0.187. The van der Waals surface area contributed by atoms with Crippen molar-refractivity contribution in [2.45, 2.75) is 6.61 Å². The van der Waals surface area contributed by atoms with E-state index in [-0.39, 0.29) is 15.7 Å². The molecule has 8 heteroatoms. The quantitative estimate of drug-likeness (QED) is 0.569. The molecule has 126 valence electrons. The van der Waals surface area contributed by atoms with Crippen LogP contribution in [-0.4, -0.2) is 19.0 Å². The van der Waals surface area contributed by atoms with Crippen molar-refractivity contribution in [1.82, 2.24) is 5.32 Å². The zero-order chi connectivity index (χ0) is 17.7. The number of nitrogens with one attached hydrogen (secondary N) is 2. The molecule has 2 aromatic carbocycles. The van der Waals surface area contributed by atoms with Crippen LogP contribution in [0, 0.1) is 5.41 Å². The number of halogens is 2. The van der Waals surface area contributed by atoms with Gasteiger partial charge in [0.05, 0.1) is 10.7 Å². The van der Waals surface area contributed by atoms with Gasteiger partial charge in [0.2, 0.25) is 5.96 Å². The lowest BCUT2D eigenvalue weighted by Crippen LogP contribution is -2.46. The predicted octanol–water partition coefficient (Wildman–Crippen LogP) is 3.61. The van der Waals surface area contributed by atoms with Gasteiger partial charge in [0.25, 0.3) is 0 Å². The minimum atomic E-state index is -0.633. The second kappa shape index (κ2) is 7.90. The van der Waals surface area contributed by atoms with E-state index in [1.807, 2.05) is 30.3 Å². The van der Waals surface area contributed by atoms with Gasteiger partial charge in [0, 0.05) is 7.05 Å². The van der Waals surface area contributed by atoms with Crippen molar-refractivity contribution in [2.24, 2.45) is 5.73 Å². The number of guanidine groups is 1. The van der Waals surface area contributed by atoms with Crippen LogP contribution in [0.4, 0.5) is 10.5 Å². The maximum absolute atomic E-state index is 12.0. The summed E-state index contributed by atoms with van der Waals surface area (Å²) in [6, 6.07) is 12.0. The highest BCUT2D eigenvalue weighted by Gasteiger charge is 2.25. The molecule has 0 atom stereocenters. The average Bonchev–Trinajstić information content (AvgIpc) is 2.57. The molecule has 0 fully saturated rings. The van der Waals surface area contributed by atoms with E-state index in [1.165, 1.54) is 13.1 Å². The van der Waals surface area contributed by atoms with E-state index in [9.17, 15) is 4.79 Å². The fourth-order valence-electron chi connectivity index (χ4n) is 2.02. The number of nitrogens with zero attached hydrogens (tertiary/aromatic N) is 1. The lowest BCUT2D eigenvalue weighted by Gasteiger charge is -2.23. The normalized spacial score (nSPS) is 10.1. The summed E-state index contributed by atoms with van der Waals surface area (Å²) in [4.78, 5) is 12.9.